The second kappa shape index (κ2) is 3.73. The van der Waals surface area contributed by atoms with Crippen LogP contribution in [0.25, 0.3) is 0 Å². The van der Waals surface area contributed by atoms with E-state index in [9.17, 15) is 9.18 Å². The average molecular weight is 206 g/mol. The Balaban J connectivity index is 2.24. The van der Waals surface area contributed by atoms with Crippen molar-refractivity contribution in [3.8, 4) is 0 Å². The lowest BCUT2D eigenvalue weighted by Gasteiger charge is -2.06. The fraction of sp³-hybridized carbons (Fsp3) is 0.182. The highest BCUT2D eigenvalue weighted by molar-refractivity contribution is 5.86. The van der Waals surface area contributed by atoms with Gasteiger partial charge >= 0.3 is 5.97 Å². The van der Waals surface area contributed by atoms with Gasteiger partial charge in [-0.05, 0) is 17.7 Å². The van der Waals surface area contributed by atoms with Gasteiger partial charge in [0.05, 0.1) is 0 Å². The minimum absolute atomic E-state index is 0.0831. The number of carboxylic acid groups (broad SMARTS) is 1. The van der Waals surface area contributed by atoms with E-state index in [0.717, 1.165) is 5.56 Å². The molecule has 0 spiro atoms. The van der Waals surface area contributed by atoms with Gasteiger partial charge in [0.2, 0.25) is 0 Å². The van der Waals surface area contributed by atoms with Crippen LogP contribution in [0.5, 0.6) is 0 Å². The van der Waals surface area contributed by atoms with Crippen LogP contribution in [0.1, 0.15) is 11.5 Å². The van der Waals surface area contributed by atoms with Crippen LogP contribution in [0.3, 0.4) is 0 Å². The SMILES string of the molecule is O=C(O)C1=C[C@H](c2cc[c]c(F)c2)CN1. The van der Waals surface area contributed by atoms with Crippen LogP contribution < -0.4 is 5.32 Å². The molecule has 0 aromatic heterocycles. The maximum atomic E-state index is 12.9. The molecular weight excluding hydrogens is 197 g/mol. The van der Waals surface area contributed by atoms with Crippen molar-refractivity contribution in [2.75, 3.05) is 6.54 Å². The van der Waals surface area contributed by atoms with Crippen molar-refractivity contribution in [2.45, 2.75) is 5.92 Å². The highest BCUT2D eigenvalue weighted by Crippen LogP contribution is 2.22. The molecule has 1 aliphatic rings. The maximum Gasteiger partial charge on any atom is 0.351 e. The molecule has 1 atom stereocenters. The van der Waals surface area contributed by atoms with Crippen molar-refractivity contribution < 1.29 is 14.3 Å². The first-order chi connectivity index (χ1) is 7.16. The zero-order valence-corrected chi connectivity index (χ0v) is 7.83. The molecule has 2 rings (SSSR count). The average Bonchev–Trinajstić information content (AvgIpc) is 2.66. The van der Waals surface area contributed by atoms with Gasteiger partial charge in [0.25, 0.3) is 0 Å². The summed E-state index contributed by atoms with van der Waals surface area (Å²) < 4.78 is 12.9. The summed E-state index contributed by atoms with van der Waals surface area (Å²) >= 11 is 0. The number of aliphatic carboxylic acids is 1. The second-order valence-electron chi connectivity index (χ2n) is 3.34. The van der Waals surface area contributed by atoms with Crippen molar-refractivity contribution in [2.24, 2.45) is 0 Å². The van der Waals surface area contributed by atoms with E-state index in [-0.39, 0.29) is 11.6 Å². The van der Waals surface area contributed by atoms with Crippen molar-refractivity contribution in [3.05, 3.63) is 47.4 Å². The molecule has 0 unspecified atom stereocenters. The number of halogens is 1. The monoisotopic (exact) mass is 206 g/mol. The predicted molar refractivity (Wildman–Crippen MR) is 51.7 cm³/mol. The van der Waals surface area contributed by atoms with Crippen molar-refractivity contribution in [1.82, 2.24) is 5.32 Å². The zero-order valence-electron chi connectivity index (χ0n) is 7.83. The first-order valence-electron chi connectivity index (χ1n) is 4.53. The summed E-state index contributed by atoms with van der Waals surface area (Å²) in [4.78, 5) is 10.6. The van der Waals surface area contributed by atoms with Gasteiger partial charge in [-0.25, -0.2) is 9.18 Å². The third kappa shape index (κ3) is 1.98. The lowest BCUT2D eigenvalue weighted by molar-refractivity contribution is -0.132. The zero-order chi connectivity index (χ0) is 10.8. The third-order valence-electron chi connectivity index (χ3n) is 2.33. The molecule has 77 valence electrons. The van der Waals surface area contributed by atoms with Crippen LogP contribution in [0, 0.1) is 11.9 Å². The predicted octanol–water partition coefficient (Wildman–Crippen LogP) is 1.28. The van der Waals surface area contributed by atoms with Gasteiger partial charge in [-0.3, -0.25) is 0 Å². The van der Waals surface area contributed by atoms with Crippen LogP contribution in [0.4, 0.5) is 4.39 Å². The molecule has 2 N–H and O–H groups in total. The largest absolute Gasteiger partial charge is 0.477 e. The lowest BCUT2D eigenvalue weighted by Crippen LogP contribution is -2.16. The quantitative estimate of drug-likeness (QED) is 0.766. The first kappa shape index (κ1) is 9.71. The van der Waals surface area contributed by atoms with E-state index in [4.69, 9.17) is 5.11 Å². The number of benzene rings is 1. The van der Waals surface area contributed by atoms with Gasteiger partial charge in [-0.2, -0.15) is 0 Å². The lowest BCUT2D eigenvalue weighted by atomic mass is 10.0. The highest BCUT2D eigenvalue weighted by Gasteiger charge is 2.20. The molecule has 3 nitrogen and oxygen atoms in total. The smallest absolute Gasteiger partial charge is 0.351 e. The minimum Gasteiger partial charge on any atom is -0.477 e. The van der Waals surface area contributed by atoms with E-state index >= 15 is 0 Å². The van der Waals surface area contributed by atoms with Gasteiger partial charge in [-0.1, -0.05) is 12.1 Å². The molecule has 0 saturated heterocycles. The summed E-state index contributed by atoms with van der Waals surface area (Å²) in [5, 5.41) is 11.5. The molecular formula is C11H9FNO2. The van der Waals surface area contributed by atoms with Crippen LogP contribution in [0.15, 0.2) is 30.0 Å². The van der Waals surface area contributed by atoms with Crippen molar-refractivity contribution >= 4 is 5.97 Å². The highest BCUT2D eigenvalue weighted by atomic mass is 19.1. The van der Waals surface area contributed by atoms with Crippen LogP contribution in [-0.2, 0) is 4.79 Å². The normalized spacial score (nSPS) is 19.5. The molecule has 1 radical (unpaired) electrons. The number of nitrogens with one attached hydrogen (secondary N) is 1. The summed E-state index contributed by atoms with van der Waals surface area (Å²) in [5.74, 6) is -1.50. The Hall–Kier alpha value is -1.84. The van der Waals surface area contributed by atoms with E-state index in [0.29, 0.717) is 6.54 Å². The summed E-state index contributed by atoms with van der Waals surface area (Å²) in [5.41, 5.74) is 0.934. The van der Waals surface area contributed by atoms with Gasteiger partial charge in [0.15, 0.2) is 0 Å². The van der Waals surface area contributed by atoms with Crippen LogP contribution >= 0.6 is 0 Å². The molecule has 1 heterocycles. The third-order valence-corrected chi connectivity index (χ3v) is 2.33. The number of hydrogen-bond donors (Lipinski definition) is 2. The van der Waals surface area contributed by atoms with Crippen LogP contribution in [0.2, 0.25) is 0 Å². The fourth-order valence-corrected chi connectivity index (χ4v) is 1.58. The number of carboxylic acids is 1. The molecule has 0 aliphatic carbocycles. The Kier molecular flexibility index (Phi) is 2.41. The standard InChI is InChI=1S/C11H9FNO2/c12-9-3-1-2-7(4-9)8-5-10(11(14)15)13-6-8/h1-2,4-5,8,13H,6H2,(H,14,15)/t8-/m0/s1. The second-order valence-corrected chi connectivity index (χ2v) is 3.34. The molecule has 0 saturated carbocycles. The Morgan fingerprint density at radius 2 is 2.47 bits per heavy atom. The fourth-order valence-electron chi connectivity index (χ4n) is 1.58. The van der Waals surface area contributed by atoms with E-state index in [2.05, 4.69) is 11.4 Å². The Labute approximate surface area is 86.2 Å². The first-order valence-corrected chi connectivity index (χ1v) is 4.53. The topological polar surface area (TPSA) is 49.3 Å². The summed E-state index contributed by atoms with van der Waals surface area (Å²) in [6.07, 6.45) is 1.59. The van der Waals surface area contributed by atoms with E-state index in [1.54, 1.807) is 12.1 Å². The number of carbonyl (C=O) groups is 1. The Bertz CT molecular complexity index is 428. The number of hydrogen-bond acceptors (Lipinski definition) is 2. The van der Waals surface area contributed by atoms with Crippen molar-refractivity contribution in [1.29, 1.82) is 0 Å². The molecule has 1 aliphatic heterocycles. The minimum atomic E-state index is -0.986. The van der Waals surface area contributed by atoms with E-state index in [1.807, 2.05) is 0 Å². The summed E-state index contributed by atoms with van der Waals surface area (Å²) in [7, 11) is 0. The van der Waals surface area contributed by atoms with E-state index < -0.39 is 11.8 Å². The summed E-state index contributed by atoms with van der Waals surface area (Å²) in [6, 6.07) is 7.00. The molecule has 4 heteroatoms. The molecule has 15 heavy (non-hydrogen) atoms. The molecule has 1 aromatic carbocycles. The number of rotatable bonds is 2. The summed E-state index contributed by atoms with van der Waals surface area (Å²) in [6.45, 7) is 0.491. The molecule has 0 fully saturated rings. The van der Waals surface area contributed by atoms with Gasteiger partial charge in [0.1, 0.15) is 11.5 Å². The van der Waals surface area contributed by atoms with Gasteiger partial charge < -0.3 is 10.4 Å². The maximum absolute atomic E-state index is 12.9. The molecule has 0 bridgehead atoms. The molecule has 1 aromatic rings. The van der Waals surface area contributed by atoms with Crippen molar-refractivity contribution in [3.63, 3.8) is 0 Å². The Morgan fingerprint density at radius 1 is 1.67 bits per heavy atom. The van der Waals surface area contributed by atoms with E-state index in [1.165, 1.54) is 12.1 Å². The Morgan fingerprint density at radius 3 is 3.07 bits per heavy atom. The van der Waals surface area contributed by atoms with Crippen LogP contribution in [-0.4, -0.2) is 17.6 Å². The molecule has 0 amide bonds. The van der Waals surface area contributed by atoms with Gasteiger partial charge in [0, 0.05) is 18.5 Å². The van der Waals surface area contributed by atoms with Gasteiger partial charge in [-0.15, -0.1) is 0 Å².